The molecule has 106 valence electrons. The van der Waals surface area contributed by atoms with Crippen LogP contribution in [0.3, 0.4) is 0 Å². The predicted octanol–water partition coefficient (Wildman–Crippen LogP) is 3.49. The van der Waals surface area contributed by atoms with Gasteiger partial charge in [0, 0.05) is 17.9 Å². The highest BCUT2D eigenvalue weighted by atomic mass is 16.5. The maximum atomic E-state index is 6.04. The molecule has 0 saturated heterocycles. The first kappa shape index (κ1) is 13.1. The van der Waals surface area contributed by atoms with Crippen molar-refractivity contribution in [2.24, 2.45) is 5.73 Å². The van der Waals surface area contributed by atoms with E-state index in [4.69, 9.17) is 15.2 Å². The summed E-state index contributed by atoms with van der Waals surface area (Å²) in [7, 11) is 0. The lowest BCUT2D eigenvalue weighted by Gasteiger charge is -2.23. The molecule has 19 heavy (non-hydrogen) atoms. The van der Waals surface area contributed by atoms with E-state index in [0.29, 0.717) is 17.9 Å². The fourth-order valence-corrected chi connectivity index (χ4v) is 3.57. The first-order valence-corrected chi connectivity index (χ1v) is 7.92. The lowest BCUT2D eigenvalue weighted by molar-refractivity contribution is 0.296. The van der Waals surface area contributed by atoms with Gasteiger partial charge in [-0.15, -0.1) is 0 Å². The second kappa shape index (κ2) is 6.04. The first-order valence-electron chi connectivity index (χ1n) is 7.92. The molecule has 1 aromatic heterocycles. The van der Waals surface area contributed by atoms with Gasteiger partial charge < -0.3 is 10.3 Å². The Labute approximate surface area is 115 Å². The molecule has 0 radical (unpaired) electrons. The predicted molar refractivity (Wildman–Crippen MR) is 73.9 cm³/mol. The Balaban J connectivity index is 1.68. The molecule has 1 aromatic rings. The van der Waals surface area contributed by atoms with E-state index >= 15 is 0 Å². The third-order valence-corrected chi connectivity index (χ3v) is 4.74. The molecule has 0 aliphatic heterocycles. The van der Waals surface area contributed by atoms with Gasteiger partial charge in [0.05, 0.1) is 0 Å². The van der Waals surface area contributed by atoms with Gasteiger partial charge in [-0.3, -0.25) is 0 Å². The number of aromatic nitrogens is 2. The van der Waals surface area contributed by atoms with Gasteiger partial charge in [0.25, 0.3) is 0 Å². The Morgan fingerprint density at radius 3 is 2.37 bits per heavy atom. The smallest absolute Gasteiger partial charge is 0.229 e. The molecule has 0 aromatic carbocycles. The maximum absolute atomic E-state index is 6.04. The van der Waals surface area contributed by atoms with E-state index in [1.807, 2.05) is 0 Å². The zero-order chi connectivity index (χ0) is 13.1. The highest BCUT2D eigenvalue weighted by molar-refractivity contribution is 5.01. The third-order valence-electron chi connectivity index (χ3n) is 4.74. The monoisotopic (exact) mass is 263 g/mol. The van der Waals surface area contributed by atoms with Crippen LogP contribution in [0.1, 0.15) is 87.8 Å². The maximum Gasteiger partial charge on any atom is 0.229 e. The van der Waals surface area contributed by atoms with Crippen molar-refractivity contribution >= 4 is 0 Å². The van der Waals surface area contributed by atoms with E-state index in [1.54, 1.807) is 0 Å². The van der Waals surface area contributed by atoms with Gasteiger partial charge in [0.2, 0.25) is 5.89 Å². The second-order valence-corrected chi connectivity index (χ2v) is 6.30. The molecule has 2 N–H and O–H groups in total. The van der Waals surface area contributed by atoms with E-state index in [9.17, 15) is 0 Å². The van der Waals surface area contributed by atoms with Crippen LogP contribution in [0.5, 0.6) is 0 Å². The van der Waals surface area contributed by atoms with Gasteiger partial charge in [-0.1, -0.05) is 37.3 Å². The number of rotatable bonds is 2. The second-order valence-electron chi connectivity index (χ2n) is 6.30. The number of hydrogen-bond acceptors (Lipinski definition) is 4. The zero-order valence-corrected chi connectivity index (χ0v) is 11.7. The molecule has 2 aliphatic rings. The molecular formula is C15H25N3O. The largest absolute Gasteiger partial charge is 0.339 e. The molecule has 0 spiro atoms. The van der Waals surface area contributed by atoms with Gasteiger partial charge in [-0.05, 0) is 32.1 Å². The number of nitrogens with zero attached hydrogens (tertiary/aromatic N) is 2. The SMILES string of the molecule is NC1CCCC(c2nc(C3CCCCCC3)no2)C1. The molecule has 2 aliphatic carbocycles. The molecule has 2 fully saturated rings. The van der Waals surface area contributed by atoms with E-state index in [2.05, 4.69) is 5.16 Å². The molecule has 4 nitrogen and oxygen atoms in total. The zero-order valence-electron chi connectivity index (χ0n) is 11.7. The van der Waals surface area contributed by atoms with Crippen LogP contribution in [-0.4, -0.2) is 16.2 Å². The highest BCUT2D eigenvalue weighted by Gasteiger charge is 2.27. The topological polar surface area (TPSA) is 64.9 Å². The highest BCUT2D eigenvalue weighted by Crippen LogP contribution is 2.34. The Hall–Kier alpha value is -0.900. The molecule has 3 rings (SSSR count). The summed E-state index contributed by atoms with van der Waals surface area (Å²) in [5, 5.41) is 4.25. The fraction of sp³-hybridized carbons (Fsp3) is 0.867. The Morgan fingerprint density at radius 1 is 0.895 bits per heavy atom. The van der Waals surface area contributed by atoms with Crippen LogP contribution in [0, 0.1) is 0 Å². The Morgan fingerprint density at radius 2 is 1.63 bits per heavy atom. The van der Waals surface area contributed by atoms with Gasteiger partial charge >= 0.3 is 0 Å². The van der Waals surface area contributed by atoms with Crippen molar-refractivity contribution in [2.45, 2.75) is 82.1 Å². The normalized spacial score (nSPS) is 30.2. The Bertz CT molecular complexity index is 379. The number of nitrogens with two attached hydrogens (primary N) is 1. The van der Waals surface area contributed by atoms with Crippen LogP contribution in [-0.2, 0) is 0 Å². The summed E-state index contributed by atoms with van der Waals surface area (Å²) in [6, 6.07) is 0.312. The van der Waals surface area contributed by atoms with Gasteiger partial charge in [-0.2, -0.15) is 4.98 Å². The van der Waals surface area contributed by atoms with Crippen molar-refractivity contribution in [3.63, 3.8) is 0 Å². The van der Waals surface area contributed by atoms with Crippen molar-refractivity contribution in [1.82, 2.24) is 10.1 Å². The van der Waals surface area contributed by atoms with Crippen LogP contribution < -0.4 is 5.73 Å². The molecule has 1 heterocycles. The summed E-state index contributed by atoms with van der Waals surface area (Å²) in [5.41, 5.74) is 6.04. The van der Waals surface area contributed by atoms with Crippen molar-refractivity contribution in [3.05, 3.63) is 11.7 Å². The summed E-state index contributed by atoms with van der Waals surface area (Å²) in [6.07, 6.45) is 12.3. The molecule has 2 atom stereocenters. The van der Waals surface area contributed by atoms with E-state index in [0.717, 1.165) is 31.0 Å². The van der Waals surface area contributed by atoms with Crippen LogP contribution in [0.4, 0.5) is 0 Å². The van der Waals surface area contributed by atoms with Crippen LogP contribution in [0.2, 0.25) is 0 Å². The molecule has 0 bridgehead atoms. The molecule has 2 saturated carbocycles. The van der Waals surface area contributed by atoms with Crippen molar-refractivity contribution in [1.29, 1.82) is 0 Å². The van der Waals surface area contributed by atoms with Gasteiger partial charge in [-0.25, -0.2) is 0 Å². The molecule has 2 unspecified atom stereocenters. The first-order chi connectivity index (χ1) is 9.33. The van der Waals surface area contributed by atoms with E-state index < -0.39 is 0 Å². The summed E-state index contributed by atoms with van der Waals surface area (Å²) in [4.78, 5) is 4.70. The molecule has 0 amide bonds. The fourth-order valence-electron chi connectivity index (χ4n) is 3.57. The summed E-state index contributed by atoms with van der Waals surface area (Å²) >= 11 is 0. The summed E-state index contributed by atoms with van der Waals surface area (Å²) in [5.74, 6) is 2.72. The minimum Gasteiger partial charge on any atom is -0.339 e. The Kier molecular flexibility index (Phi) is 4.16. The lowest BCUT2D eigenvalue weighted by atomic mass is 9.86. The molecular weight excluding hydrogens is 238 g/mol. The van der Waals surface area contributed by atoms with Crippen LogP contribution in [0.25, 0.3) is 0 Å². The molecule has 4 heteroatoms. The van der Waals surface area contributed by atoms with E-state index in [1.165, 1.54) is 44.9 Å². The average molecular weight is 263 g/mol. The summed E-state index contributed by atoms with van der Waals surface area (Å²) in [6.45, 7) is 0. The summed E-state index contributed by atoms with van der Waals surface area (Å²) < 4.78 is 5.53. The average Bonchev–Trinajstić information content (AvgIpc) is 2.75. The van der Waals surface area contributed by atoms with Crippen LogP contribution >= 0.6 is 0 Å². The van der Waals surface area contributed by atoms with Gasteiger partial charge in [0.1, 0.15) is 0 Å². The lowest BCUT2D eigenvalue weighted by Crippen LogP contribution is -2.27. The van der Waals surface area contributed by atoms with Gasteiger partial charge in [0.15, 0.2) is 5.82 Å². The van der Waals surface area contributed by atoms with Crippen LogP contribution in [0.15, 0.2) is 4.52 Å². The quantitative estimate of drug-likeness (QED) is 0.829. The standard InChI is InChI=1S/C15H25N3O/c16-13-9-5-8-12(10-13)15-17-14(18-19-15)11-6-3-1-2-4-7-11/h11-13H,1-10,16H2. The van der Waals surface area contributed by atoms with E-state index in [-0.39, 0.29) is 0 Å². The minimum atomic E-state index is 0.312. The van der Waals surface area contributed by atoms with Crippen molar-refractivity contribution in [2.75, 3.05) is 0 Å². The minimum absolute atomic E-state index is 0.312. The van der Waals surface area contributed by atoms with Crippen molar-refractivity contribution < 1.29 is 4.52 Å². The third kappa shape index (κ3) is 3.16. The number of hydrogen-bond donors (Lipinski definition) is 1. The van der Waals surface area contributed by atoms with Crippen molar-refractivity contribution in [3.8, 4) is 0 Å².